The van der Waals surface area contributed by atoms with E-state index in [2.05, 4.69) is 0 Å². The minimum atomic E-state index is 0.737. The van der Waals surface area contributed by atoms with Crippen molar-refractivity contribution in [3.05, 3.63) is 23.2 Å². The van der Waals surface area contributed by atoms with Crippen molar-refractivity contribution in [1.82, 2.24) is 0 Å². The maximum absolute atomic E-state index is 6.03. The Morgan fingerprint density at radius 2 is 2.23 bits per heavy atom. The van der Waals surface area contributed by atoms with E-state index in [-0.39, 0.29) is 0 Å². The van der Waals surface area contributed by atoms with E-state index in [0.717, 1.165) is 21.5 Å². The Kier molecular flexibility index (Phi) is 2.70. The van der Waals surface area contributed by atoms with Crippen molar-refractivity contribution in [3.8, 4) is 0 Å². The van der Waals surface area contributed by atoms with Crippen molar-refractivity contribution in [1.29, 1.82) is 0 Å². The molecule has 0 radical (unpaired) electrons. The summed E-state index contributed by atoms with van der Waals surface area (Å²) in [6, 6.07) is 5.72. The number of hydrogen-bond donors (Lipinski definition) is 1. The van der Waals surface area contributed by atoms with Crippen molar-refractivity contribution in [2.45, 2.75) is 17.7 Å². The molecule has 1 aliphatic carbocycles. The molecule has 0 amide bonds. The molecule has 0 saturated heterocycles. The summed E-state index contributed by atoms with van der Waals surface area (Å²) in [5.41, 5.74) is 6.34. The molecular formula is C10H12ClNS. The number of thioether (sulfide) groups is 1. The molecular weight excluding hydrogens is 202 g/mol. The molecule has 1 nitrogen and oxygen atoms in total. The van der Waals surface area contributed by atoms with Gasteiger partial charge in [0.25, 0.3) is 0 Å². The third-order valence-corrected chi connectivity index (χ3v) is 3.86. The second kappa shape index (κ2) is 3.81. The van der Waals surface area contributed by atoms with Crippen LogP contribution in [0.4, 0.5) is 5.69 Å². The minimum absolute atomic E-state index is 0.737. The number of hydrogen-bond acceptors (Lipinski definition) is 2. The predicted molar refractivity (Wildman–Crippen MR) is 59.3 cm³/mol. The highest BCUT2D eigenvalue weighted by Crippen LogP contribution is 2.37. The van der Waals surface area contributed by atoms with E-state index in [0.29, 0.717) is 0 Å². The van der Waals surface area contributed by atoms with Gasteiger partial charge in [-0.3, -0.25) is 0 Å². The van der Waals surface area contributed by atoms with Gasteiger partial charge < -0.3 is 5.73 Å². The molecule has 1 aromatic rings. The van der Waals surface area contributed by atoms with Gasteiger partial charge in [-0.05, 0) is 37.0 Å². The lowest BCUT2D eigenvalue weighted by Gasteiger charge is -2.03. The fourth-order valence-electron chi connectivity index (χ4n) is 1.13. The Labute approximate surface area is 87.7 Å². The molecule has 0 aliphatic heterocycles. The molecule has 1 aromatic carbocycles. The maximum Gasteiger partial charge on any atom is 0.0562 e. The summed E-state index contributed by atoms with van der Waals surface area (Å²) in [5, 5.41) is 0.783. The van der Waals surface area contributed by atoms with Gasteiger partial charge >= 0.3 is 0 Å². The molecule has 3 heteroatoms. The molecule has 0 aromatic heterocycles. The molecule has 1 saturated carbocycles. The van der Waals surface area contributed by atoms with Gasteiger partial charge in [0.1, 0.15) is 0 Å². The van der Waals surface area contributed by atoms with Gasteiger partial charge in [0.15, 0.2) is 0 Å². The molecule has 1 aliphatic rings. The lowest BCUT2D eigenvalue weighted by molar-refractivity contribution is 1.000. The summed E-state index contributed by atoms with van der Waals surface area (Å²) in [4.78, 5) is 1.16. The zero-order valence-corrected chi connectivity index (χ0v) is 8.87. The number of anilines is 1. The number of nitrogen functional groups attached to an aromatic ring is 1. The summed E-state index contributed by atoms with van der Waals surface area (Å²) in [5.74, 6) is 2.13. The third kappa shape index (κ3) is 2.55. The smallest absolute Gasteiger partial charge is 0.0562 e. The molecule has 13 heavy (non-hydrogen) atoms. The second-order valence-electron chi connectivity index (χ2n) is 3.44. The molecule has 2 rings (SSSR count). The van der Waals surface area contributed by atoms with Crippen LogP contribution in [0.25, 0.3) is 0 Å². The second-order valence-corrected chi connectivity index (χ2v) is 4.91. The van der Waals surface area contributed by atoms with Gasteiger partial charge in [-0.2, -0.15) is 0 Å². The van der Waals surface area contributed by atoms with Crippen LogP contribution in [0, 0.1) is 5.92 Å². The van der Waals surface area contributed by atoms with Crippen molar-refractivity contribution in [3.63, 3.8) is 0 Å². The Bertz CT molecular complexity index is 310. The first-order valence-electron chi connectivity index (χ1n) is 4.43. The van der Waals surface area contributed by atoms with E-state index in [9.17, 15) is 0 Å². The Morgan fingerprint density at radius 1 is 1.46 bits per heavy atom. The quantitative estimate of drug-likeness (QED) is 0.615. The van der Waals surface area contributed by atoms with Crippen LogP contribution in [0.15, 0.2) is 23.1 Å². The molecule has 0 atom stereocenters. The number of rotatable bonds is 3. The van der Waals surface area contributed by atoms with E-state index >= 15 is 0 Å². The van der Waals surface area contributed by atoms with Crippen LogP contribution in [0.2, 0.25) is 5.02 Å². The van der Waals surface area contributed by atoms with Crippen molar-refractivity contribution in [2.24, 2.45) is 5.92 Å². The molecule has 0 spiro atoms. The lowest BCUT2D eigenvalue weighted by atomic mass is 10.3. The summed E-state index contributed by atoms with van der Waals surface area (Å²) in [7, 11) is 0. The van der Waals surface area contributed by atoms with Crippen LogP contribution in [0.3, 0.4) is 0 Å². The van der Waals surface area contributed by atoms with Crippen molar-refractivity contribution >= 4 is 29.1 Å². The Balaban J connectivity index is 2.01. The first-order valence-corrected chi connectivity index (χ1v) is 5.80. The van der Waals surface area contributed by atoms with Crippen LogP contribution < -0.4 is 5.73 Å². The average molecular weight is 214 g/mol. The van der Waals surface area contributed by atoms with Crippen LogP contribution >= 0.6 is 23.4 Å². The molecule has 0 unspecified atom stereocenters. The first kappa shape index (κ1) is 9.22. The Hall–Kier alpha value is -0.340. The summed E-state index contributed by atoms with van der Waals surface area (Å²) in [6.07, 6.45) is 2.78. The fourth-order valence-corrected chi connectivity index (χ4v) is 2.59. The van der Waals surface area contributed by atoms with Gasteiger partial charge in [-0.15, -0.1) is 11.8 Å². The van der Waals surface area contributed by atoms with Gasteiger partial charge in [-0.1, -0.05) is 11.6 Å². The predicted octanol–water partition coefficient (Wildman–Crippen LogP) is 3.42. The standard InChI is InChI=1S/C10H12ClNS/c11-9-5-8(12)3-4-10(9)13-6-7-1-2-7/h3-5,7H,1-2,6,12H2. The van der Waals surface area contributed by atoms with Gasteiger partial charge in [-0.25, -0.2) is 0 Å². The van der Waals surface area contributed by atoms with Gasteiger partial charge in [0, 0.05) is 16.3 Å². The fraction of sp³-hybridized carbons (Fsp3) is 0.400. The van der Waals surface area contributed by atoms with Crippen LogP contribution in [0.5, 0.6) is 0 Å². The molecule has 0 bridgehead atoms. The largest absolute Gasteiger partial charge is 0.399 e. The van der Waals surface area contributed by atoms with E-state index in [4.69, 9.17) is 17.3 Å². The summed E-state index contributed by atoms with van der Waals surface area (Å²) < 4.78 is 0. The van der Waals surface area contributed by atoms with Gasteiger partial charge in [0.2, 0.25) is 0 Å². The van der Waals surface area contributed by atoms with Crippen LogP contribution in [-0.2, 0) is 0 Å². The first-order chi connectivity index (χ1) is 6.25. The number of halogens is 1. The highest BCUT2D eigenvalue weighted by Gasteiger charge is 2.21. The minimum Gasteiger partial charge on any atom is -0.399 e. The van der Waals surface area contributed by atoms with Crippen molar-refractivity contribution < 1.29 is 0 Å². The van der Waals surface area contributed by atoms with Crippen LogP contribution in [-0.4, -0.2) is 5.75 Å². The molecule has 1 fully saturated rings. The number of nitrogens with two attached hydrogens (primary N) is 1. The van der Waals surface area contributed by atoms with E-state index < -0.39 is 0 Å². The van der Waals surface area contributed by atoms with E-state index in [1.54, 1.807) is 0 Å². The van der Waals surface area contributed by atoms with Crippen LogP contribution in [0.1, 0.15) is 12.8 Å². The SMILES string of the molecule is Nc1ccc(SCC2CC2)c(Cl)c1. The summed E-state index contributed by atoms with van der Waals surface area (Å²) in [6.45, 7) is 0. The number of benzene rings is 1. The lowest BCUT2D eigenvalue weighted by Crippen LogP contribution is -1.86. The van der Waals surface area contributed by atoms with Crippen molar-refractivity contribution in [2.75, 3.05) is 11.5 Å². The average Bonchev–Trinajstić information content (AvgIpc) is 2.86. The molecule has 70 valence electrons. The summed E-state index contributed by atoms with van der Waals surface area (Å²) >= 11 is 7.87. The monoisotopic (exact) mass is 213 g/mol. The van der Waals surface area contributed by atoms with E-state index in [1.807, 2.05) is 30.0 Å². The highest BCUT2D eigenvalue weighted by atomic mass is 35.5. The topological polar surface area (TPSA) is 26.0 Å². The van der Waals surface area contributed by atoms with Gasteiger partial charge in [0.05, 0.1) is 5.02 Å². The highest BCUT2D eigenvalue weighted by molar-refractivity contribution is 7.99. The van der Waals surface area contributed by atoms with E-state index in [1.165, 1.54) is 18.6 Å². The zero-order valence-electron chi connectivity index (χ0n) is 7.29. The third-order valence-electron chi connectivity index (χ3n) is 2.13. The zero-order chi connectivity index (χ0) is 9.26. The molecule has 0 heterocycles. The molecule has 2 N–H and O–H groups in total. The normalized spacial score (nSPS) is 16.1. The Morgan fingerprint density at radius 3 is 2.85 bits per heavy atom. The maximum atomic E-state index is 6.03.